The molecule has 1 N–H and O–H groups in total. The summed E-state index contributed by atoms with van der Waals surface area (Å²) in [7, 11) is 0. The summed E-state index contributed by atoms with van der Waals surface area (Å²) in [4.78, 5) is 10.3. The Kier molecular flexibility index (Phi) is 12.4. The minimum absolute atomic E-state index is 0.267. The largest absolute Gasteiger partial charge is 0.481 e. The fraction of sp³-hybridized carbons (Fsp3) is 0.933. The van der Waals surface area contributed by atoms with Gasteiger partial charge >= 0.3 is 5.97 Å². The van der Waals surface area contributed by atoms with E-state index in [1.54, 1.807) is 0 Å². The van der Waals surface area contributed by atoms with Crippen molar-refractivity contribution < 1.29 is 14.3 Å². The molecule has 0 aliphatic heterocycles. The predicted molar refractivity (Wildman–Crippen MR) is 73.6 cm³/mol. The Balaban J connectivity index is 3.15. The van der Waals surface area contributed by atoms with Gasteiger partial charge in [0.05, 0.1) is 0 Å². The minimum Gasteiger partial charge on any atom is -0.481 e. The van der Waals surface area contributed by atoms with Gasteiger partial charge in [-0.2, -0.15) is 0 Å². The molecule has 0 aliphatic rings. The molecule has 0 aromatic heterocycles. The summed E-state index contributed by atoms with van der Waals surface area (Å²) >= 11 is 0. The topological polar surface area (TPSA) is 37.3 Å². The Labute approximate surface area is 111 Å². The van der Waals surface area contributed by atoms with E-state index in [2.05, 4.69) is 6.92 Å². The summed E-state index contributed by atoms with van der Waals surface area (Å²) in [5.41, 5.74) is 0. The number of unbranched alkanes of at least 4 members (excludes halogenated alkanes) is 7. The molecule has 0 aromatic carbocycles. The lowest BCUT2D eigenvalue weighted by atomic mass is 10.0. The molecule has 1 unspecified atom stereocenters. The second-order valence-corrected chi connectivity index (χ2v) is 5.15. The lowest BCUT2D eigenvalue weighted by molar-refractivity contribution is -0.137. The molecule has 0 aromatic rings. The zero-order chi connectivity index (χ0) is 13.6. The van der Waals surface area contributed by atoms with Gasteiger partial charge in [0.25, 0.3) is 0 Å². The van der Waals surface area contributed by atoms with Crippen LogP contribution in [0.15, 0.2) is 0 Å². The highest BCUT2D eigenvalue weighted by Crippen LogP contribution is 2.15. The molecule has 0 saturated heterocycles. The number of rotatable bonds is 13. The molecule has 0 amide bonds. The third-order valence-corrected chi connectivity index (χ3v) is 3.28. The van der Waals surface area contributed by atoms with Crippen LogP contribution in [0, 0.1) is 0 Å². The van der Waals surface area contributed by atoms with Crippen LogP contribution >= 0.6 is 0 Å². The van der Waals surface area contributed by atoms with Gasteiger partial charge in [-0.15, -0.1) is 0 Å². The van der Waals surface area contributed by atoms with Crippen molar-refractivity contribution in [2.75, 3.05) is 0 Å². The van der Waals surface area contributed by atoms with E-state index in [0.717, 1.165) is 51.4 Å². The number of carbonyl (C=O) groups is 1. The third kappa shape index (κ3) is 13.5. The number of hydrogen-bond acceptors (Lipinski definition) is 1. The molecule has 0 bridgehead atoms. The van der Waals surface area contributed by atoms with Crippen molar-refractivity contribution in [2.45, 2.75) is 90.1 Å². The van der Waals surface area contributed by atoms with Gasteiger partial charge in [0.15, 0.2) is 0 Å². The molecule has 0 fully saturated rings. The van der Waals surface area contributed by atoms with E-state index in [1.165, 1.54) is 12.8 Å². The van der Waals surface area contributed by atoms with Gasteiger partial charge < -0.3 is 5.11 Å². The van der Waals surface area contributed by atoms with Gasteiger partial charge in [-0.05, 0) is 19.3 Å². The average Bonchev–Trinajstić information content (AvgIpc) is 2.33. The summed E-state index contributed by atoms with van der Waals surface area (Å²) < 4.78 is 13.4. The van der Waals surface area contributed by atoms with Gasteiger partial charge in [0.2, 0.25) is 0 Å². The molecule has 0 aliphatic carbocycles. The summed E-state index contributed by atoms with van der Waals surface area (Å²) in [5.74, 6) is -0.717. The predicted octanol–water partition coefficient (Wildman–Crippen LogP) is 5.11. The van der Waals surface area contributed by atoms with Crippen molar-refractivity contribution in [3.05, 3.63) is 0 Å². The maximum atomic E-state index is 13.4. The second-order valence-electron chi connectivity index (χ2n) is 5.15. The molecular formula is C15H29FO2. The quantitative estimate of drug-likeness (QED) is 0.467. The van der Waals surface area contributed by atoms with Crippen LogP contribution in [0.25, 0.3) is 0 Å². The fourth-order valence-corrected chi connectivity index (χ4v) is 2.11. The number of halogens is 1. The lowest BCUT2D eigenvalue weighted by Crippen LogP contribution is -2.00. The van der Waals surface area contributed by atoms with E-state index >= 15 is 0 Å². The molecule has 0 spiro atoms. The van der Waals surface area contributed by atoms with Crippen molar-refractivity contribution >= 4 is 5.97 Å². The number of carboxylic acids is 1. The van der Waals surface area contributed by atoms with E-state index in [4.69, 9.17) is 5.11 Å². The number of aliphatic carboxylic acids is 1. The first kappa shape index (κ1) is 17.4. The number of alkyl halides is 1. The van der Waals surface area contributed by atoms with E-state index in [1.807, 2.05) is 0 Å². The van der Waals surface area contributed by atoms with E-state index < -0.39 is 12.1 Å². The maximum Gasteiger partial charge on any atom is 0.303 e. The second kappa shape index (κ2) is 12.8. The molecule has 0 heterocycles. The first-order chi connectivity index (χ1) is 8.66. The van der Waals surface area contributed by atoms with Crippen LogP contribution in [-0.2, 0) is 4.79 Å². The van der Waals surface area contributed by atoms with Crippen LogP contribution in [0.3, 0.4) is 0 Å². The van der Waals surface area contributed by atoms with Crippen molar-refractivity contribution in [3.63, 3.8) is 0 Å². The van der Waals surface area contributed by atoms with Crippen LogP contribution in [-0.4, -0.2) is 17.2 Å². The Morgan fingerprint density at radius 1 is 0.944 bits per heavy atom. The van der Waals surface area contributed by atoms with Gasteiger partial charge in [-0.25, -0.2) is 4.39 Å². The lowest BCUT2D eigenvalue weighted by Gasteiger charge is -2.07. The van der Waals surface area contributed by atoms with Crippen LogP contribution in [0.5, 0.6) is 0 Å². The number of carboxylic acid groups (broad SMARTS) is 1. The van der Waals surface area contributed by atoms with Crippen LogP contribution in [0.2, 0.25) is 0 Å². The number of hydrogen-bond donors (Lipinski definition) is 1. The SMILES string of the molecule is CCCCCCC(F)CCCCCCCC(=O)O. The summed E-state index contributed by atoms with van der Waals surface area (Å²) in [5, 5.41) is 8.46. The van der Waals surface area contributed by atoms with Gasteiger partial charge in [-0.3, -0.25) is 4.79 Å². The Bertz CT molecular complexity index is 195. The average molecular weight is 260 g/mol. The zero-order valence-corrected chi connectivity index (χ0v) is 11.8. The minimum atomic E-state index is -0.717. The van der Waals surface area contributed by atoms with E-state index in [0.29, 0.717) is 6.42 Å². The molecule has 0 saturated carbocycles. The normalized spacial score (nSPS) is 12.6. The highest BCUT2D eigenvalue weighted by atomic mass is 19.1. The Hall–Kier alpha value is -0.600. The summed E-state index contributed by atoms with van der Waals surface area (Å²) in [6.45, 7) is 2.16. The van der Waals surface area contributed by atoms with E-state index in [-0.39, 0.29) is 6.42 Å². The first-order valence-electron chi connectivity index (χ1n) is 7.52. The van der Waals surface area contributed by atoms with Crippen molar-refractivity contribution in [3.8, 4) is 0 Å². The van der Waals surface area contributed by atoms with Crippen LogP contribution in [0.4, 0.5) is 4.39 Å². The van der Waals surface area contributed by atoms with Crippen molar-refractivity contribution in [1.82, 2.24) is 0 Å². The van der Waals surface area contributed by atoms with Crippen LogP contribution in [0.1, 0.15) is 84.0 Å². The van der Waals surface area contributed by atoms with Crippen molar-refractivity contribution in [1.29, 1.82) is 0 Å². The van der Waals surface area contributed by atoms with Gasteiger partial charge in [0, 0.05) is 6.42 Å². The van der Waals surface area contributed by atoms with Crippen LogP contribution < -0.4 is 0 Å². The molecule has 3 heteroatoms. The Morgan fingerprint density at radius 3 is 2.00 bits per heavy atom. The molecule has 0 rings (SSSR count). The highest BCUT2D eigenvalue weighted by molar-refractivity contribution is 5.66. The zero-order valence-electron chi connectivity index (χ0n) is 11.8. The van der Waals surface area contributed by atoms with Gasteiger partial charge in [0.1, 0.15) is 6.17 Å². The molecule has 1 atom stereocenters. The molecule has 108 valence electrons. The third-order valence-electron chi connectivity index (χ3n) is 3.28. The summed E-state index contributed by atoms with van der Waals surface area (Å²) in [6, 6.07) is 0. The first-order valence-corrected chi connectivity index (χ1v) is 7.52. The maximum absolute atomic E-state index is 13.4. The standard InChI is InChI=1S/C15H29FO2/c1-2-3-4-8-11-14(16)12-9-6-5-7-10-13-15(17)18/h14H,2-13H2,1H3,(H,17,18). The van der Waals surface area contributed by atoms with Gasteiger partial charge in [-0.1, -0.05) is 58.3 Å². The molecule has 2 nitrogen and oxygen atoms in total. The molecular weight excluding hydrogens is 231 g/mol. The molecule has 18 heavy (non-hydrogen) atoms. The Morgan fingerprint density at radius 2 is 1.44 bits per heavy atom. The summed E-state index contributed by atoms with van der Waals surface area (Å²) in [6.07, 6.45) is 10.4. The highest BCUT2D eigenvalue weighted by Gasteiger charge is 2.05. The smallest absolute Gasteiger partial charge is 0.303 e. The molecule has 0 radical (unpaired) electrons. The fourth-order valence-electron chi connectivity index (χ4n) is 2.11. The van der Waals surface area contributed by atoms with E-state index in [9.17, 15) is 9.18 Å². The monoisotopic (exact) mass is 260 g/mol. The van der Waals surface area contributed by atoms with Crippen molar-refractivity contribution in [2.24, 2.45) is 0 Å².